The van der Waals surface area contributed by atoms with Gasteiger partial charge in [0.1, 0.15) is 6.26 Å². The van der Waals surface area contributed by atoms with E-state index < -0.39 is 18.3 Å². The van der Waals surface area contributed by atoms with E-state index in [-0.39, 0.29) is 10.8 Å². The van der Waals surface area contributed by atoms with E-state index in [4.69, 9.17) is 9.40 Å². The second-order valence-electron chi connectivity index (χ2n) is 13.3. The highest BCUT2D eigenvalue weighted by Gasteiger charge is 2.54. The van der Waals surface area contributed by atoms with E-state index in [1.54, 1.807) is 6.26 Å². The first-order valence-corrected chi connectivity index (χ1v) is 15.4. The summed E-state index contributed by atoms with van der Waals surface area (Å²) in [5, 5.41) is 31.6. The number of aryl methyl sites for hydroxylation is 1. The van der Waals surface area contributed by atoms with Crippen LogP contribution in [0.3, 0.4) is 0 Å². The second-order valence-corrected chi connectivity index (χ2v) is 13.3. The van der Waals surface area contributed by atoms with Crippen LogP contribution in [0.1, 0.15) is 103 Å². The number of oxazole rings is 1. The summed E-state index contributed by atoms with van der Waals surface area (Å²) in [6.45, 7) is 11.1. The van der Waals surface area contributed by atoms with Crippen molar-refractivity contribution < 1.29 is 19.7 Å². The molecule has 0 unspecified atom stereocenters. The number of allylic oxidation sites excluding steroid dienone is 4. The molecule has 0 aliphatic heterocycles. The van der Waals surface area contributed by atoms with Gasteiger partial charge in [-0.3, -0.25) is 0 Å². The van der Waals surface area contributed by atoms with Gasteiger partial charge in [-0.15, -0.1) is 0 Å². The minimum atomic E-state index is -0.643. The predicted octanol–water partition coefficient (Wildman–Crippen LogP) is 6.74. The molecule has 5 heteroatoms. The lowest BCUT2D eigenvalue weighted by Crippen LogP contribution is -2.35. The van der Waals surface area contributed by atoms with E-state index >= 15 is 0 Å². The molecule has 5 rings (SSSR count). The fourth-order valence-corrected chi connectivity index (χ4v) is 7.99. The summed E-state index contributed by atoms with van der Waals surface area (Å²) in [5.74, 6) is 2.23. The standard InChI is InChI=1S/C34H49NO4/c1-5-6-9-26-21-39-32(35-26)34(17-18-34)31(38)15-10-22(2)28-13-14-29-24(8-7-16-33(28,29)4)11-12-25-19-27(36)20-30(37)23(25)3/h10-12,15,21-22,27-31,36-38H,3,5-9,13-14,16-20H2,1-2,4H3/t22-,27-,28-,29+,30+,31-,33-/m1/s1. The van der Waals surface area contributed by atoms with Crippen molar-refractivity contribution >= 4 is 0 Å². The summed E-state index contributed by atoms with van der Waals surface area (Å²) in [7, 11) is 0. The van der Waals surface area contributed by atoms with Crippen molar-refractivity contribution in [2.24, 2.45) is 23.2 Å². The van der Waals surface area contributed by atoms with Crippen molar-refractivity contribution in [3.05, 3.63) is 65.5 Å². The molecule has 4 aliphatic rings. The second kappa shape index (κ2) is 11.5. The topological polar surface area (TPSA) is 86.7 Å². The van der Waals surface area contributed by atoms with E-state index in [1.165, 1.54) is 31.3 Å². The normalized spacial score (nSPS) is 36.0. The minimum absolute atomic E-state index is 0.244. The molecule has 1 heterocycles. The van der Waals surface area contributed by atoms with Crippen LogP contribution in [0, 0.1) is 23.2 Å². The fourth-order valence-electron chi connectivity index (χ4n) is 7.99. The number of rotatable bonds is 9. The molecule has 0 spiro atoms. The Labute approximate surface area is 234 Å². The Kier molecular flexibility index (Phi) is 8.43. The number of aliphatic hydroxyl groups excluding tert-OH is 3. The molecule has 0 radical (unpaired) electrons. The molecule has 4 aliphatic carbocycles. The zero-order valence-electron chi connectivity index (χ0n) is 24.2. The van der Waals surface area contributed by atoms with Gasteiger partial charge in [0.25, 0.3) is 0 Å². The predicted molar refractivity (Wildman–Crippen MR) is 155 cm³/mol. The van der Waals surface area contributed by atoms with Gasteiger partial charge < -0.3 is 19.7 Å². The lowest BCUT2D eigenvalue weighted by atomic mass is 9.61. The maximum atomic E-state index is 11.2. The highest BCUT2D eigenvalue weighted by Crippen LogP contribution is 2.60. The van der Waals surface area contributed by atoms with Crippen LogP contribution in [0.2, 0.25) is 0 Å². The number of nitrogens with zero attached hydrogens (tertiary/aromatic N) is 1. The molecular weight excluding hydrogens is 486 g/mol. The number of aromatic nitrogens is 1. The molecule has 4 saturated carbocycles. The molecule has 1 aromatic heterocycles. The van der Waals surface area contributed by atoms with Crippen LogP contribution in [0.5, 0.6) is 0 Å². The minimum Gasteiger partial charge on any atom is -0.448 e. The molecule has 1 aromatic rings. The highest BCUT2D eigenvalue weighted by molar-refractivity contribution is 5.38. The molecule has 0 amide bonds. The summed E-state index contributed by atoms with van der Waals surface area (Å²) < 4.78 is 5.85. The van der Waals surface area contributed by atoms with Crippen molar-refractivity contribution in [3.8, 4) is 0 Å². The third-order valence-corrected chi connectivity index (χ3v) is 10.7. The summed E-state index contributed by atoms with van der Waals surface area (Å²) >= 11 is 0. The Bertz CT molecular complexity index is 1120. The molecule has 0 saturated heterocycles. The Morgan fingerprint density at radius 1 is 1.18 bits per heavy atom. The smallest absolute Gasteiger partial charge is 0.203 e. The van der Waals surface area contributed by atoms with Crippen LogP contribution in [0.4, 0.5) is 0 Å². The summed E-state index contributed by atoms with van der Waals surface area (Å²) in [6, 6.07) is 0. The molecule has 3 N–H and O–H groups in total. The van der Waals surface area contributed by atoms with Gasteiger partial charge in [0.2, 0.25) is 5.89 Å². The van der Waals surface area contributed by atoms with Crippen molar-refractivity contribution in [2.75, 3.05) is 0 Å². The van der Waals surface area contributed by atoms with E-state index in [0.717, 1.165) is 55.4 Å². The summed E-state index contributed by atoms with van der Waals surface area (Å²) in [4.78, 5) is 4.74. The maximum absolute atomic E-state index is 11.2. The zero-order valence-corrected chi connectivity index (χ0v) is 24.2. The van der Waals surface area contributed by atoms with Crippen molar-refractivity contribution in [2.45, 2.75) is 122 Å². The van der Waals surface area contributed by atoms with Gasteiger partial charge in [-0.2, -0.15) is 0 Å². The van der Waals surface area contributed by atoms with E-state index in [9.17, 15) is 15.3 Å². The lowest BCUT2D eigenvalue weighted by Gasteiger charge is -2.44. The lowest BCUT2D eigenvalue weighted by molar-refractivity contribution is 0.0862. The molecule has 0 bridgehead atoms. The van der Waals surface area contributed by atoms with Crippen LogP contribution in [0.15, 0.2) is 58.3 Å². The molecule has 214 valence electrons. The maximum Gasteiger partial charge on any atom is 0.203 e. The third-order valence-electron chi connectivity index (χ3n) is 10.7. The number of hydrogen-bond acceptors (Lipinski definition) is 5. The van der Waals surface area contributed by atoms with Crippen molar-refractivity contribution in [1.29, 1.82) is 0 Å². The van der Waals surface area contributed by atoms with Crippen LogP contribution >= 0.6 is 0 Å². The highest BCUT2D eigenvalue weighted by atomic mass is 16.3. The zero-order chi connectivity index (χ0) is 27.8. The van der Waals surface area contributed by atoms with Gasteiger partial charge in [-0.25, -0.2) is 4.98 Å². The van der Waals surface area contributed by atoms with Gasteiger partial charge in [0.05, 0.1) is 29.4 Å². The molecule has 39 heavy (non-hydrogen) atoms. The molecule has 4 fully saturated rings. The van der Waals surface area contributed by atoms with Crippen LogP contribution in [0.25, 0.3) is 0 Å². The Hall–Kier alpha value is -1.95. The summed E-state index contributed by atoms with van der Waals surface area (Å²) in [6.07, 6.45) is 20.7. The Balaban J connectivity index is 1.26. The largest absolute Gasteiger partial charge is 0.448 e. The number of unbranched alkanes of at least 4 members (excludes halogenated alkanes) is 1. The summed E-state index contributed by atoms with van der Waals surface area (Å²) in [5.41, 5.74) is 4.16. The van der Waals surface area contributed by atoms with Gasteiger partial charge in [-0.05, 0) is 98.5 Å². The first-order chi connectivity index (χ1) is 18.7. The Morgan fingerprint density at radius 2 is 1.97 bits per heavy atom. The van der Waals surface area contributed by atoms with E-state index in [1.807, 2.05) is 6.08 Å². The van der Waals surface area contributed by atoms with E-state index in [0.29, 0.717) is 36.5 Å². The molecule has 7 atom stereocenters. The molecule has 0 aromatic carbocycles. The van der Waals surface area contributed by atoms with Crippen molar-refractivity contribution in [1.82, 2.24) is 4.98 Å². The Morgan fingerprint density at radius 3 is 2.72 bits per heavy atom. The van der Waals surface area contributed by atoms with Crippen LogP contribution < -0.4 is 0 Å². The van der Waals surface area contributed by atoms with Gasteiger partial charge >= 0.3 is 0 Å². The number of aliphatic hydroxyl groups is 3. The molecular formula is C34H49NO4. The SMILES string of the molecule is C=C1C(=CC=C2CCC[C@]3(C)[C@@H]([C@H](C)C=C[C@@H](O)C4(c5nc(CCCC)co5)CC4)CC[C@@H]23)C[C@@H](O)C[C@@H]1O. The van der Waals surface area contributed by atoms with E-state index in [2.05, 4.69) is 45.6 Å². The van der Waals surface area contributed by atoms with Crippen LogP contribution in [-0.2, 0) is 11.8 Å². The first kappa shape index (κ1) is 28.6. The van der Waals surface area contributed by atoms with Gasteiger partial charge in [0, 0.05) is 6.42 Å². The van der Waals surface area contributed by atoms with Crippen LogP contribution in [-0.4, -0.2) is 38.6 Å². The van der Waals surface area contributed by atoms with Crippen molar-refractivity contribution in [3.63, 3.8) is 0 Å². The average molecular weight is 536 g/mol. The fraction of sp³-hybridized carbons (Fsp3) is 0.676. The quantitative estimate of drug-likeness (QED) is 0.305. The van der Waals surface area contributed by atoms with Gasteiger partial charge in [0.15, 0.2) is 0 Å². The molecule has 5 nitrogen and oxygen atoms in total. The first-order valence-electron chi connectivity index (χ1n) is 15.4. The monoisotopic (exact) mass is 535 g/mol. The number of hydrogen-bond donors (Lipinski definition) is 3. The third kappa shape index (κ3) is 5.64. The average Bonchev–Trinajstić information content (AvgIpc) is 3.44. The van der Waals surface area contributed by atoms with Gasteiger partial charge in [-0.1, -0.05) is 63.6 Å². The number of fused-ring (bicyclic) bond motifs is 1.